The van der Waals surface area contributed by atoms with Crippen molar-refractivity contribution in [1.82, 2.24) is 4.90 Å². The summed E-state index contributed by atoms with van der Waals surface area (Å²) in [7, 11) is 0. The SMILES string of the molecule is O=C(C(=O)N1CCO[C@H](Cc2cccc3ccccc23)C1)c1ccco1. The Bertz CT molecular complexity index is 927. The van der Waals surface area contributed by atoms with Crippen LogP contribution in [0.3, 0.4) is 0 Å². The monoisotopic (exact) mass is 349 g/mol. The summed E-state index contributed by atoms with van der Waals surface area (Å²) in [5.41, 5.74) is 1.18. The van der Waals surface area contributed by atoms with Crippen LogP contribution in [0, 0.1) is 0 Å². The molecular weight excluding hydrogens is 330 g/mol. The van der Waals surface area contributed by atoms with Crippen molar-refractivity contribution in [2.24, 2.45) is 0 Å². The number of furan rings is 1. The Hall–Kier alpha value is -2.92. The Morgan fingerprint density at radius 3 is 2.73 bits per heavy atom. The molecule has 1 aliphatic rings. The first-order chi connectivity index (χ1) is 12.7. The molecule has 5 nitrogen and oxygen atoms in total. The van der Waals surface area contributed by atoms with Crippen molar-refractivity contribution in [1.29, 1.82) is 0 Å². The van der Waals surface area contributed by atoms with Gasteiger partial charge in [-0.25, -0.2) is 0 Å². The van der Waals surface area contributed by atoms with Crippen molar-refractivity contribution in [3.63, 3.8) is 0 Å². The first-order valence-corrected chi connectivity index (χ1v) is 8.68. The molecule has 1 amide bonds. The average molecular weight is 349 g/mol. The Balaban J connectivity index is 1.48. The first-order valence-electron chi connectivity index (χ1n) is 8.68. The summed E-state index contributed by atoms with van der Waals surface area (Å²) in [4.78, 5) is 26.2. The number of hydrogen-bond acceptors (Lipinski definition) is 4. The van der Waals surface area contributed by atoms with E-state index in [1.807, 2.05) is 18.2 Å². The van der Waals surface area contributed by atoms with E-state index < -0.39 is 11.7 Å². The standard InChI is InChI=1S/C21H19NO4/c23-20(19-9-4-11-26-19)21(24)22-10-12-25-17(14-22)13-16-7-3-6-15-5-1-2-8-18(15)16/h1-9,11,17H,10,12-14H2/t17-/m1/s1. The lowest BCUT2D eigenvalue weighted by Gasteiger charge is -2.32. The second kappa shape index (κ2) is 7.14. The fraction of sp³-hybridized carbons (Fsp3) is 0.238. The maximum Gasteiger partial charge on any atom is 0.298 e. The summed E-state index contributed by atoms with van der Waals surface area (Å²) in [5.74, 6) is -1.07. The van der Waals surface area contributed by atoms with Gasteiger partial charge in [-0.1, -0.05) is 42.5 Å². The highest BCUT2D eigenvalue weighted by atomic mass is 16.5. The van der Waals surface area contributed by atoms with E-state index in [-0.39, 0.29) is 11.9 Å². The van der Waals surface area contributed by atoms with Gasteiger partial charge in [0.05, 0.1) is 19.0 Å². The molecule has 26 heavy (non-hydrogen) atoms. The lowest BCUT2D eigenvalue weighted by Crippen LogP contribution is -2.48. The molecule has 1 atom stereocenters. The zero-order valence-corrected chi connectivity index (χ0v) is 14.3. The smallest absolute Gasteiger partial charge is 0.298 e. The molecule has 2 aromatic carbocycles. The van der Waals surface area contributed by atoms with Crippen LogP contribution in [0.2, 0.25) is 0 Å². The van der Waals surface area contributed by atoms with E-state index >= 15 is 0 Å². The minimum absolute atomic E-state index is 0.0760. The van der Waals surface area contributed by atoms with E-state index in [4.69, 9.17) is 9.15 Å². The summed E-state index contributed by atoms with van der Waals surface area (Å²) in [5, 5.41) is 2.37. The maximum absolute atomic E-state index is 12.5. The van der Waals surface area contributed by atoms with E-state index in [2.05, 4.69) is 24.3 Å². The molecule has 4 rings (SSSR count). The van der Waals surface area contributed by atoms with Crippen LogP contribution < -0.4 is 0 Å². The molecule has 0 aliphatic carbocycles. The number of ether oxygens (including phenoxy) is 1. The van der Waals surface area contributed by atoms with E-state index in [0.29, 0.717) is 26.1 Å². The number of hydrogen-bond donors (Lipinski definition) is 0. The number of Topliss-reactive ketones (excluding diaryl/α,β-unsaturated/α-hetero) is 1. The topological polar surface area (TPSA) is 59.8 Å². The average Bonchev–Trinajstić information content (AvgIpc) is 3.22. The maximum atomic E-state index is 12.5. The molecule has 0 spiro atoms. The van der Waals surface area contributed by atoms with Crippen molar-refractivity contribution in [3.05, 3.63) is 72.2 Å². The van der Waals surface area contributed by atoms with Crippen LogP contribution in [-0.2, 0) is 16.0 Å². The lowest BCUT2D eigenvalue weighted by atomic mass is 9.99. The molecule has 3 aromatic rings. The Labute approximate surface area is 151 Å². The first kappa shape index (κ1) is 16.5. The van der Waals surface area contributed by atoms with Crippen molar-refractivity contribution in [2.45, 2.75) is 12.5 Å². The third kappa shape index (κ3) is 3.26. The van der Waals surface area contributed by atoms with Crippen LogP contribution in [0.4, 0.5) is 0 Å². The number of carbonyl (C=O) groups is 2. The molecule has 1 aliphatic heterocycles. The number of fused-ring (bicyclic) bond motifs is 1. The van der Waals surface area contributed by atoms with Crippen LogP contribution in [-0.4, -0.2) is 42.4 Å². The van der Waals surface area contributed by atoms with Gasteiger partial charge in [-0.15, -0.1) is 0 Å². The highest BCUT2D eigenvalue weighted by molar-refractivity contribution is 6.41. The second-order valence-electron chi connectivity index (χ2n) is 6.39. The summed E-state index contributed by atoms with van der Waals surface area (Å²) in [6.45, 7) is 1.23. The number of amides is 1. The van der Waals surface area contributed by atoms with Gasteiger partial charge in [0.15, 0.2) is 5.76 Å². The summed E-state index contributed by atoms with van der Waals surface area (Å²) < 4.78 is 10.9. The van der Waals surface area contributed by atoms with Gasteiger partial charge in [-0.3, -0.25) is 9.59 Å². The van der Waals surface area contributed by atoms with Crippen LogP contribution in [0.25, 0.3) is 10.8 Å². The number of morpholine rings is 1. The molecule has 0 N–H and O–H groups in total. The molecule has 0 unspecified atom stereocenters. The van der Waals surface area contributed by atoms with Crippen molar-refractivity contribution < 1.29 is 18.7 Å². The van der Waals surface area contributed by atoms with Gasteiger partial charge in [-0.2, -0.15) is 0 Å². The molecular formula is C21H19NO4. The molecule has 132 valence electrons. The highest BCUT2D eigenvalue weighted by Gasteiger charge is 2.30. The predicted molar refractivity (Wildman–Crippen MR) is 97.0 cm³/mol. The summed E-state index contributed by atoms with van der Waals surface area (Å²) in [6.07, 6.45) is 1.95. The Morgan fingerprint density at radius 1 is 1.04 bits per heavy atom. The zero-order chi connectivity index (χ0) is 17.9. The highest BCUT2D eigenvalue weighted by Crippen LogP contribution is 2.22. The minimum atomic E-state index is -0.610. The van der Waals surface area contributed by atoms with Crippen molar-refractivity contribution >= 4 is 22.5 Å². The van der Waals surface area contributed by atoms with Crippen LogP contribution in [0.1, 0.15) is 16.1 Å². The third-order valence-electron chi connectivity index (χ3n) is 4.69. The van der Waals surface area contributed by atoms with Crippen LogP contribution >= 0.6 is 0 Å². The molecule has 0 saturated carbocycles. The van der Waals surface area contributed by atoms with Gasteiger partial charge >= 0.3 is 0 Å². The van der Waals surface area contributed by atoms with Gasteiger partial charge in [-0.05, 0) is 28.5 Å². The van der Waals surface area contributed by atoms with Gasteiger partial charge in [0.1, 0.15) is 0 Å². The number of ketones is 1. The molecule has 2 heterocycles. The fourth-order valence-electron chi connectivity index (χ4n) is 3.40. The van der Waals surface area contributed by atoms with Crippen LogP contribution in [0.15, 0.2) is 65.3 Å². The van der Waals surface area contributed by atoms with E-state index in [1.165, 1.54) is 28.7 Å². The Morgan fingerprint density at radius 2 is 1.88 bits per heavy atom. The number of rotatable bonds is 4. The van der Waals surface area contributed by atoms with E-state index in [9.17, 15) is 9.59 Å². The molecule has 1 fully saturated rings. The summed E-state index contributed by atoms with van der Waals surface area (Å²) >= 11 is 0. The predicted octanol–water partition coefficient (Wildman–Crippen LogP) is 3.09. The van der Waals surface area contributed by atoms with Gasteiger partial charge in [0.25, 0.3) is 11.7 Å². The molecule has 0 bridgehead atoms. The quantitative estimate of drug-likeness (QED) is 0.536. The van der Waals surface area contributed by atoms with Gasteiger partial charge in [0, 0.05) is 19.5 Å². The number of carbonyl (C=O) groups excluding carboxylic acids is 2. The Kier molecular flexibility index (Phi) is 4.54. The second-order valence-corrected chi connectivity index (χ2v) is 6.39. The van der Waals surface area contributed by atoms with E-state index in [1.54, 1.807) is 11.0 Å². The van der Waals surface area contributed by atoms with Gasteiger partial charge in [0.2, 0.25) is 0 Å². The van der Waals surface area contributed by atoms with Crippen LogP contribution in [0.5, 0.6) is 0 Å². The molecule has 0 radical (unpaired) electrons. The normalized spacial score (nSPS) is 17.4. The molecule has 1 aromatic heterocycles. The molecule has 1 saturated heterocycles. The fourth-order valence-corrected chi connectivity index (χ4v) is 3.40. The zero-order valence-electron chi connectivity index (χ0n) is 14.3. The van der Waals surface area contributed by atoms with E-state index in [0.717, 1.165) is 0 Å². The number of nitrogens with zero attached hydrogens (tertiary/aromatic N) is 1. The van der Waals surface area contributed by atoms with Gasteiger partial charge < -0.3 is 14.1 Å². The minimum Gasteiger partial charge on any atom is -0.461 e. The van der Waals surface area contributed by atoms with Crippen molar-refractivity contribution in [2.75, 3.05) is 19.7 Å². The van der Waals surface area contributed by atoms with Crippen molar-refractivity contribution in [3.8, 4) is 0 Å². The number of benzene rings is 2. The third-order valence-corrected chi connectivity index (χ3v) is 4.69. The molecule has 5 heteroatoms. The summed E-state index contributed by atoms with van der Waals surface area (Å²) in [6, 6.07) is 17.5. The largest absolute Gasteiger partial charge is 0.461 e. The lowest BCUT2D eigenvalue weighted by molar-refractivity contribution is -0.133.